The van der Waals surface area contributed by atoms with Crippen molar-refractivity contribution in [3.05, 3.63) is 63.9 Å². The van der Waals surface area contributed by atoms with Crippen LogP contribution < -0.4 is 5.32 Å². The Morgan fingerprint density at radius 3 is 2.75 bits per heavy atom. The van der Waals surface area contributed by atoms with E-state index in [0.717, 1.165) is 5.56 Å². The molecule has 0 aromatic heterocycles. The van der Waals surface area contributed by atoms with Crippen molar-refractivity contribution in [3.8, 4) is 0 Å². The maximum atomic E-state index is 13.7. The molecular weight excluding hydrogens is 325 g/mol. The molecule has 0 bridgehead atoms. The van der Waals surface area contributed by atoms with E-state index >= 15 is 0 Å². The molecule has 5 heteroatoms. The second-order valence-corrected chi connectivity index (χ2v) is 5.04. The molecule has 20 heavy (non-hydrogen) atoms. The fourth-order valence-electron chi connectivity index (χ4n) is 1.81. The Hall–Kier alpha value is -1.88. The monoisotopic (exact) mass is 337 g/mol. The predicted octanol–water partition coefficient (Wildman–Crippen LogP) is 3.99. The number of hydrogen-bond donors (Lipinski definition) is 1. The molecule has 0 atom stereocenters. The van der Waals surface area contributed by atoms with E-state index < -0.39 is 5.97 Å². The normalized spacial score (nSPS) is 10.2. The molecule has 104 valence electrons. The van der Waals surface area contributed by atoms with Crippen molar-refractivity contribution in [2.45, 2.75) is 6.54 Å². The van der Waals surface area contributed by atoms with Gasteiger partial charge < -0.3 is 10.1 Å². The zero-order valence-corrected chi connectivity index (χ0v) is 12.4. The Bertz CT molecular complexity index is 631. The Morgan fingerprint density at radius 2 is 2.05 bits per heavy atom. The number of hydrogen-bond acceptors (Lipinski definition) is 3. The van der Waals surface area contributed by atoms with Gasteiger partial charge in [-0.2, -0.15) is 0 Å². The van der Waals surface area contributed by atoms with Gasteiger partial charge in [-0.15, -0.1) is 0 Å². The van der Waals surface area contributed by atoms with Gasteiger partial charge in [-0.25, -0.2) is 9.18 Å². The van der Waals surface area contributed by atoms with Crippen molar-refractivity contribution in [1.82, 2.24) is 0 Å². The quantitative estimate of drug-likeness (QED) is 0.857. The van der Waals surface area contributed by atoms with E-state index in [0.29, 0.717) is 22.3 Å². The van der Waals surface area contributed by atoms with Crippen LogP contribution in [-0.4, -0.2) is 13.1 Å². The highest BCUT2D eigenvalue weighted by molar-refractivity contribution is 9.10. The van der Waals surface area contributed by atoms with Crippen molar-refractivity contribution in [2.24, 2.45) is 0 Å². The van der Waals surface area contributed by atoms with Crippen molar-refractivity contribution in [2.75, 3.05) is 12.4 Å². The summed E-state index contributed by atoms with van der Waals surface area (Å²) >= 11 is 3.20. The standard InChI is InChI=1S/C15H13BrFNO2/c1-20-15(19)12-5-3-2-4-10(12)9-18-14-7-6-11(16)8-13(14)17/h2-8,18H,9H2,1H3. The van der Waals surface area contributed by atoms with Gasteiger partial charge in [0, 0.05) is 11.0 Å². The topological polar surface area (TPSA) is 38.3 Å². The summed E-state index contributed by atoms with van der Waals surface area (Å²) in [4.78, 5) is 11.6. The minimum atomic E-state index is -0.404. The first-order valence-electron chi connectivity index (χ1n) is 5.97. The van der Waals surface area contributed by atoms with Crippen LogP contribution in [0.1, 0.15) is 15.9 Å². The zero-order chi connectivity index (χ0) is 14.5. The van der Waals surface area contributed by atoms with Crippen LogP contribution in [0.2, 0.25) is 0 Å². The lowest BCUT2D eigenvalue weighted by Gasteiger charge is -2.11. The van der Waals surface area contributed by atoms with E-state index in [-0.39, 0.29) is 5.82 Å². The summed E-state index contributed by atoms with van der Waals surface area (Å²) in [5.41, 5.74) is 1.61. The number of ether oxygens (including phenoxy) is 1. The lowest BCUT2D eigenvalue weighted by atomic mass is 10.1. The molecule has 0 heterocycles. The van der Waals surface area contributed by atoms with Crippen molar-refractivity contribution in [3.63, 3.8) is 0 Å². The second-order valence-electron chi connectivity index (χ2n) is 4.13. The molecule has 2 aromatic carbocycles. The maximum absolute atomic E-state index is 13.7. The summed E-state index contributed by atoms with van der Waals surface area (Å²) < 4.78 is 19.1. The van der Waals surface area contributed by atoms with Gasteiger partial charge in [-0.3, -0.25) is 0 Å². The van der Waals surface area contributed by atoms with Gasteiger partial charge in [0.25, 0.3) is 0 Å². The number of anilines is 1. The van der Waals surface area contributed by atoms with Crippen LogP contribution in [-0.2, 0) is 11.3 Å². The average Bonchev–Trinajstić information content (AvgIpc) is 2.46. The van der Waals surface area contributed by atoms with Crippen molar-refractivity contribution >= 4 is 27.6 Å². The van der Waals surface area contributed by atoms with Gasteiger partial charge in [0.1, 0.15) is 5.82 Å². The summed E-state index contributed by atoms with van der Waals surface area (Å²) in [5, 5.41) is 2.97. The third-order valence-electron chi connectivity index (χ3n) is 2.82. The molecule has 0 aliphatic carbocycles. The lowest BCUT2D eigenvalue weighted by Crippen LogP contribution is -2.09. The molecule has 0 spiro atoms. The second kappa shape index (κ2) is 6.52. The largest absolute Gasteiger partial charge is 0.465 e. The molecule has 0 aliphatic heterocycles. The molecule has 2 rings (SSSR count). The number of nitrogens with one attached hydrogen (secondary N) is 1. The maximum Gasteiger partial charge on any atom is 0.338 e. The average molecular weight is 338 g/mol. The highest BCUT2D eigenvalue weighted by Gasteiger charge is 2.11. The number of carbonyl (C=O) groups is 1. The first-order valence-corrected chi connectivity index (χ1v) is 6.76. The van der Waals surface area contributed by atoms with Crippen LogP contribution in [0.5, 0.6) is 0 Å². The van der Waals surface area contributed by atoms with Gasteiger partial charge in [0.15, 0.2) is 0 Å². The highest BCUT2D eigenvalue weighted by atomic mass is 79.9. The Labute approximate surface area is 124 Å². The van der Waals surface area contributed by atoms with E-state index in [1.807, 2.05) is 6.07 Å². The Balaban J connectivity index is 2.17. The van der Waals surface area contributed by atoms with Crippen LogP contribution in [0.15, 0.2) is 46.9 Å². The number of halogens is 2. The van der Waals surface area contributed by atoms with E-state index in [1.54, 1.807) is 30.3 Å². The number of carbonyl (C=O) groups excluding carboxylic acids is 1. The van der Waals surface area contributed by atoms with Crippen LogP contribution in [0.25, 0.3) is 0 Å². The number of esters is 1. The van der Waals surface area contributed by atoms with E-state index in [9.17, 15) is 9.18 Å². The summed E-state index contributed by atoms with van der Waals surface area (Å²) in [6.45, 7) is 0.337. The minimum Gasteiger partial charge on any atom is -0.465 e. The predicted molar refractivity (Wildman–Crippen MR) is 79.2 cm³/mol. The van der Waals surface area contributed by atoms with Crippen LogP contribution in [0.4, 0.5) is 10.1 Å². The van der Waals surface area contributed by atoms with Crippen molar-refractivity contribution < 1.29 is 13.9 Å². The molecule has 0 amide bonds. The van der Waals surface area contributed by atoms with E-state index in [4.69, 9.17) is 4.74 Å². The van der Waals surface area contributed by atoms with E-state index in [1.165, 1.54) is 13.2 Å². The zero-order valence-electron chi connectivity index (χ0n) is 10.8. The summed E-state index contributed by atoms with van der Waals surface area (Å²) in [5.74, 6) is -0.756. The molecule has 0 radical (unpaired) electrons. The first-order chi connectivity index (χ1) is 9.61. The number of rotatable bonds is 4. The fourth-order valence-corrected chi connectivity index (χ4v) is 2.14. The van der Waals surface area contributed by atoms with Gasteiger partial charge >= 0.3 is 5.97 Å². The molecule has 0 aliphatic rings. The van der Waals surface area contributed by atoms with Gasteiger partial charge in [-0.05, 0) is 29.8 Å². The third-order valence-corrected chi connectivity index (χ3v) is 3.32. The minimum absolute atomic E-state index is 0.337. The van der Waals surface area contributed by atoms with Gasteiger partial charge in [-0.1, -0.05) is 34.1 Å². The molecule has 1 N–H and O–H groups in total. The Kier molecular flexibility index (Phi) is 4.74. The van der Waals surface area contributed by atoms with Gasteiger partial charge in [0.05, 0.1) is 18.4 Å². The smallest absolute Gasteiger partial charge is 0.338 e. The van der Waals surface area contributed by atoms with E-state index in [2.05, 4.69) is 21.2 Å². The third kappa shape index (κ3) is 3.36. The fraction of sp³-hybridized carbons (Fsp3) is 0.133. The summed E-state index contributed by atoms with van der Waals surface area (Å²) in [6.07, 6.45) is 0. The van der Waals surface area contributed by atoms with Crippen LogP contribution >= 0.6 is 15.9 Å². The first kappa shape index (κ1) is 14.5. The van der Waals surface area contributed by atoms with Crippen LogP contribution in [0.3, 0.4) is 0 Å². The molecule has 0 saturated heterocycles. The molecule has 0 fully saturated rings. The van der Waals surface area contributed by atoms with Crippen molar-refractivity contribution in [1.29, 1.82) is 0 Å². The lowest BCUT2D eigenvalue weighted by molar-refractivity contribution is 0.0599. The SMILES string of the molecule is COC(=O)c1ccccc1CNc1ccc(Br)cc1F. The number of methoxy groups -OCH3 is 1. The van der Waals surface area contributed by atoms with Crippen LogP contribution in [0, 0.1) is 5.82 Å². The molecule has 2 aromatic rings. The molecule has 3 nitrogen and oxygen atoms in total. The number of benzene rings is 2. The summed E-state index contributed by atoms with van der Waals surface area (Å²) in [6, 6.07) is 11.8. The molecule has 0 unspecified atom stereocenters. The Morgan fingerprint density at radius 1 is 1.30 bits per heavy atom. The highest BCUT2D eigenvalue weighted by Crippen LogP contribution is 2.20. The molecular formula is C15H13BrFNO2. The molecule has 0 saturated carbocycles. The van der Waals surface area contributed by atoms with Gasteiger partial charge in [0.2, 0.25) is 0 Å². The summed E-state index contributed by atoms with van der Waals surface area (Å²) in [7, 11) is 1.33.